The van der Waals surface area contributed by atoms with Crippen LogP contribution in [0.2, 0.25) is 10.0 Å². The van der Waals surface area contributed by atoms with Gasteiger partial charge < -0.3 is 14.7 Å². The highest BCUT2D eigenvalue weighted by Gasteiger charge is 2.38. The lowest BCUT2D eigenvalue weighted by atomic mass is 10.1. The third-order valence-corrected chi connectivity index (χ3v) is 5.94. The lowest BCUT2D eigenvalue weighted by Gasteiger charge is -2.37. The number of hydrogen-bond acceptors (Lipinski definition) is 3. The van der Waals surface area contributed by atoms with Crippen molar-refractivity contribution in [2.45, 2.75) is 6.42 Å². The summed E-state index contributed by atoms with van der Waals surface area (Å²) in [7, 11) is 0. The Hall–Kier alpha value is -2.24. The molecule has 0 aromatic heterocycles. The molecule has 2 aliphatic heterocycles. The maximum Gasteiger partial charge on any atom is 0.228 e. The Morgan fingerprint density at radius 3 is 2.43 bits per heavy atom. The van der Waals surface area contributed by atoms with Crippen molar-refractivity contribution in [1.82, 2.24) is 4.90 Å². The summed E-state index contributed by atoms with van der Waals surface area (Å²) < 4.78 is 0. The number of amides is 2. The fourth-order valence-corrected chi connectivity index (χ4v) is 4.31. The van der Waals surface area contributed by atoms with E-state index in [4.69, 9.17) is 23.2 Å². The van der Waals surface area contributed by atoms with Crippen LogP contribution < -0.4 is 9.80 Å². The molecule has 28 heavy (non-hydrogen) atoms. The molecule has 0 spiro atoms. The lowest BCUT2D eigenvalue weighted by molar-refractivity contribution is -0.136. The van der Waals surface area contributed by atoms with Gasteiger partial charge in [0.1, 0.15) is 0 Å². The standard InChI is InChI=1S/C21H21Cl2N3O2/c22-16-4-3-5-17(13-16)24-8-10-25(11-9-24)21(28)15-12-20(27)26(14-15)19-7-2-1-6-18(19)23/h1-7,13,15H,8-12,14H2. The van der Waals surface area contributed by atoms with Crippen molar-refractivity contribution in [2.24, 2.45) is 5.92 Å². The lowest BCUT2D eigenvalue weighted by Crippen LogP contribution is -2.50. The summed E-state index contributed by atoms with van der Waals surface area (Å²) in [6.45, 7) is 3.17. The van der Waals surface area contributed by atoms with Gasteiger partial charge in [-0.25, -0.2) is 0 Å². The van der Waals surface area contributed by atoms with E-state index in [1.807, 2.05) is 47.4 Å². The molecule has 2 aliphatic rings. The van der Waals surface area contributed by atoms with E-state index in [0.717, 1.165) is 18.8 Å². The molecule has 0 radical (unpaired) electrons. The third kappa shape index (κ3) is 3.82. The van der Waals surface area contributed by atoms with Crippen LogP contribution in [0.1, 0.15) is 6.42 Å². The minimum atomic E-state index is -0.318. The van der Waals surface area contributed by atoms with Crippen LogP contribution in [0.5, 0.6) is 0 Å². The summed E-state index contributed by atoms with van der Waals surface area (Å²) in [6, 6.07) is 15.0. The van der Waals surface area contributed by atoms with Gasteiger partial charge in [-0.2, -0.15) is 0 Å². The minimum Gasteiger partial charge on any atom is -0.368 e. The van der Waals surface area contributed by atoms with E-state index in [2.05, 4.69) is 4.90 Å². The maximum atomic E-state index is 13.0. The Morgan fingerprint density at radius 2 is 1.71 bits per heavy atom. The van der Waals surface area contributed by atoms with Crippen LogP contribution in [0.4, 0.5) is 11.4 Å². The van der Waals surface area contributed by atoms with Crippen molar-refractivity contribution in [1.29, 1.82) is 0 Å². The van der Waals surface area contributed by atoms with Crippen molar-refractivity contribution in [3.05, 3.63) is 58.6 Å². The first-order valence-corrected chi connectivity index (χ1v) is 10.1. The molecular weight excluding hydrogens is 397 g/mol. The summed E-state index contributed by atoms with van der Waals surface area (Å²) in [5, 5.41) is 1.24. The number of anilines is 2. The predicted octanol–water partition coefficient (Wildman–Crippen LogP) is 3.70. The first kappa shape index (κ1) is 19.1. The van der Waals surface area contributed by atoms with Crippen molar-refractivity contribution in [2.75, 3.05) is 42.5 Å². The number of carbonyl (C=O) groups excluding carboxylic acids is 2. The van der Waals surface area contributed by atoms with Gasteiger partial charge in [-0.3, -0.25) is 9.59 Å². The van der Waals surface area contributed by atoms with Crippen LogP contribution in [-0.2, 0) is 9.59 Å². The van der Waals surface area contributed by atoms with Gasteiger partial charge in [0.05, 0.1) is 16.6 Å². The quantitative estimate of drug-likeness (QED) is 0.764. The van der Waals surface area contributed by atoms with Crippen LogP contribution >= 0.6 is 23.2 Å². The fourth-order valence-electron chi connectivity index (χ4n) is 3.89. The first-order valence-electron chi connectivity index (χ1n) is 9.37. The topological polar surface area (TPSA) is 43.9 Å². The number of halogens is 2. The molecule has 4 rings (SSSR count). The highest BCUT2D eigenvalue weighted by molar-refractivity contribution is 6.34. The van der Waals surface area contributed by atoms with Crippen LogP contribution in [0.25, 0.3) is 0 Å². The number of nitrogens with zero attached hydrogens (tertiary/aromatic N) is 3. The molecule has 1 unspecified atom stereocenters. The van der Waals surface area contributed by atoms with Gasteiger partial charge in [0.25, 0.3) is 0 Å². The number of para-hydroxylation sites is 1. The Labute approximate surface area is 174 Å². The summed E-state index contributed by atoms with van der Waals surface area (Å²) in [5.74, 6) is -0.320. The molecular formula is C21H21Cl2N3O2. The summed E-state index contributed by atoms with van der Waals surface area (Å²) in [6.07, 6.45) is 0.235. The molecule has 2 aromatic rings. The van der Waals surface area contributed by atoms with Gasteiger partial charge in [-0.05, 0) is 30.3 Å². The minimum absolute atomic E-state index is 0.0497. The van der Waals surface area contributed by atoms with E-state index in [-0.39, 0.29) is 24.2 Å². The summed E-state index contributed by atoms with van der Waals surface area (Å²) in [5.41, 5.74) is 1.75. The monoisotopic (exact) mass is 417 g/mol. The molecule has 7 heteroatoms. The van der Waals surface area contributed by atoms with Gasteiger partial charge in [0.15, 0.2) is 0 Å². The van der Waals surface area contributed by atoms with Crippen LogP contribution in [0.3, 0.4) is 0 Å². The van der Waals surface area contributed by atoms with Crippen molar-refractivity contribution in [3.63, 3.8) is 0 Å². The first-order chi connectivity index (χ1) is 13.5. The Bertz CT molecular complexity index is 897. The van der Waals surface area contributed by atoms with Gasteiger partial charge in [0, 0.05) is 49.9 Å². The second-order valence-corrected chi connectivity index (χ2v) is 7.99. The van der Waals surface area contributed by atoms with Crippen LogP contribution in [0, 0.1) is 5.92 Å². The predicted molar refractivity (Wildman–Crippen MR) is 112 cm³/mol. The summed E-state index contributed by atoms with van der Waals surface area (Å²) in [4.78, 5) is 31.2. The molecule has 1 atom stereocenters. The summed E-state index contributed by atoms with van der Waals surface area (Å²) >= 11 is 12.3. The molecule has 0 aliphatic carbocycles. The van der Waals surface area contributed by atoms with E-state index < -0.39 is 0 Å². The number of rotatable bonds is 3. The van der Waals surface area contributed by atoms with E-state index in [1.165, 1.54) is 0 Å². The number of piperazine rings is 1. The third-order valence-electron chi connectivity index (χ3n) is 5.38. The molecule has 2 fully saturated rings. The average molecular weight is 418 g/mol. The molecule has 0 saturated carbocycles. The van der Waals surface area contributed by atoms with Gasteiger partial charge in [-0.1, -0.05) is 41.4 Å². The van der Waals surface area contributed by atoms with Gasteiger partial charge in [-0.15, -0.1) is 0 Å². The number of benzene rings is 2. The van der Waals surface area contributed by atoms with Gasteiger partial charge >= 0.3 is 0 Å². The Morgan fingerprint density at radius 1 is 0.964 bits per heavy atom. The fraction of sp³-hybridized carbons (Fsp3) is 0.333. The second-order valence-electron chi connectivity index (χ2n) is 7.15. The highest BCUT2D eigenvalue weighted by Crippen LogP contribution is 2.32. The molecule has 0 N–H and O–H groups in total. The zero-order valence-corrected chi connectivity index (χ0v) is 16.9. The van der Waals surface area contributed by atoms with E-state index in [0.29, 0.717) is 35.4 Å². The maximum absolute atomic E-state index is 13.0. The Balaban J connectivity index is 1.38. The van der Waals surface area contributed by atoms with Crippen molar-refractivity contribution in [3.8, 4) is 0 Å². The zero-order chi connectivity index (χ0) is 19.7. The molecule has 2 heterocycles. The SMILES string of the molecule is O=C(C1CC(=O)N(c2ccccc2Cl)C1)N1CCN(c2cccc(Cl)c2)CC1. The van der Waals surface area contributed by atoms with E-state index in [9.17, 15) is 9.59 Å². The van der Waals surface area contributed by atoms with Crippen LogP contribution in [-0.4, -0.2) is 49.4 Å². The largest absolute Gasteiger partial charge is 0.368 e. The highest BCUT2D eigenvalue weighted by atomic mass is 35.5. The smallest absolute Gasteiger partial charge is 0.228 e. The van der Waals surface area contributed by atoms with Gasteiger partial charge in [0.2, 0.25) is 11.8 Å². The molecule has 2 aromatic carbocycles. The molecule has 5 nitrogen and oxygen atoms in total. The molecule has 146 valence electrons. The van der Waals surface area contributed by atoms with E-state index in [1.54, 1.807) is 11.0 Å². The zero-order valence-electron chi connectivity index (χ0n) is 15.4. The van der Waals surface area contributed by atoms with E-state index >= 15 is 0 Å². The Kier molecular flexibility index (Phi) is 5.47. The second kappa shape index (κ2) is 8.02. The average Bonchev–Trinajstić information content (AvgIpc) is 3.09. The van der Waals surface area contributed by atoms with Crippen molar-refractivity contribution >= 4 is 46.4 Å². The normalized spacial score (nSPS) is 20.0. The van der Waals surface area contributed by atoms with Crippen molar-refractivity contribution < 1.29 is 9.59 Å². The molecule has 2 amide bonds. The number of carbonyl (C=O) groups is 2. The molecule has 0 bridgehead atoms. The van der Waals surface area contributed by atoms with Crippen LogP contribution in [0.15, 0.2) is 48.5 Å². The molecule has 2 saturated heterocycles. The number of hydrogen-bond donors (Lipinski definition) is 0.